The fourth-order valence-corrected chi connectivity index (χ4v) is 4.30. The number of carbonyl (C=O) groups is 1. The molecule has 0 unspecified atom stereocenters. The minimum Gasteiger partial charge on any atom is -0.383 e. The monoisotopic (exact) mass is 440 g/mol. The Morgan fingerprint density at radius 2 is 1.93 bits per heavy atom. The van der Waals surface area contributed by atoms with E-state index in [-0.39, 0.29) is 5.91 Å². The highest BCUT2D eigenvalue weighted by atomic mass is 35.5. The van der Waals surface area contributed by atoms with E-state index in [4.69, 9.17) is 21.3 Å². The SMILES string of the molecule is COCCNC(=O)c1ccc2c(c1)N=C(c1ccc(Cl)cc1F)c1ccccc1S2. The molecule has 3 aromatic carbocycles. The summed E-state index contributed by atoms with van der Waals surface area (Å²) in [6, 6.07) is 17.6. The number of rotatable bonds is 5. The molecule has 1 N–H and O–H groups in total. The molecule has 0 aliphatic carbocycles. The normalized spacial score (nSPS) is 12.4. The molecular weight excluding hydrogens is 423 g/mol. The lowest BCUT2D eigenvalue weighted by Gasteiger charge is -2.10. The molecule has 4 rings (SSSR count). The Hall–Kier alpha value is -2.67. The standard InChI is InChI=1S/C23H18ClFN2O2S/c1-29-11-10-26-23(28)14-6-9-21-19(12-14)27-22(16-8-7-15(24)13-18(16)25)17-4-2-3-5-20(17)30-21/h2-9,12-13H,10-11H2,1H3,(H,26,28). The predicted octanol–water partition coefficient (Wildman–Crippen LogP) is 5.49. The lowest BCUT2D eigenvalue weighted by molar-refractivity contribution is 0.0937. The van der Waals surface area contributed by atoms with Crippen molar-refractivity contribution in [2.24, 2.45) is 4.99 Å². The number of halogens is 2. The maximum Gasteiger partial charge on any atom is 0.251 e. The van der Waals surface area contributed by atoms with Gasteiger partial charge in [0.25, 0.3) is 5.91 Å². The smallest absolute Gasteiger partial charge is 0.251 e. The number of carbonyl (C=O) groups excluding carboxylic acids is 1. The van der Waals surface area contributed by atoms with Crippen LogP contribution in [-0.2, 0) is 4.74 Å². The summed E-state index contributed by atoms with van der Waals surface area (Å²) in [6.45, 7) is 0.844. The van der Waals surface area contributed by atoms with Gasteiger partial charge in [0.1, 0.15) is 5.82 Å². The van der Waals surface area contributed by atoms with Crippen LogP contribution in [0.4, 0.5) is 10.1 Å². The molecule has 0 spiro atoms. The Kier molecular flexibility index (Phi) is 6.18. The Morgan fingerprint density at radius 1 is 1.10 bits per heavy atom. The molecule has 0 aromatic heterocycles. The molecule has 0 radical (unpaired) electrons. The number of amides is 1. The molecule has 1 amide bonds. The topological polar surface area (TPSA) is 50.7 Å². The molecule has 3 aromatic rings. The molecule has 4 nitrogen and oxygen atoms in total. The number of nitrogens with zero attached hydrogens (tertiary/aromatic N) is 1. The summed E-state index contributed by atoms with van der Waals surface area (Å²) in [7, 11) is 1.58. The van der Waals surface area contributed by atoms with Crippen LogP contribution in [0.1, 0.15) is 21.5 Å². The second-order valence-corrected chi connectivity index (χ2v) is 8.13. The first-order valence-corrected chi connectivity index (χ1v) is 10.5. The Bertz CT molecular complexity index is 1150. The predicted molar refractivity (Wildman–Crippen MR) is 118 cm³/mol. The van der Waals surface area contributed by atoms with Crippen molar-refractivity contribution in [1.29, 1.82) is 0 Å². The van der Waals surface area contributed by atoms with E-state index < -0.39 is 5.82 Å². The summed E-state index contributed by atoms with van der Waals surface area (Å²) in [5, 5.41) is 3.13. The molecule has 0 fully saturated rings. The summed E-state index contributed by atoms with van der Waals surface area (Å²) in [5.74, 6) is -0.658. The number of benzene rings is 3. The minimum atomic E-state index is -0.446. The molecule has 1 aliphatic rings. The first-order chi connectivity index (χ1) is 14.6. The molecular formula is C23H18ClFN2O2S. The molecule has 0 bridgehead atoms. The van der Waals surface area contributed by atoms with Gasteiger partial charge in [-0.25, -0.2) is 9.38 Å². The van der Waals surface area contributed by atoms with Gasteiger partial charge in [0.05, 0.1) is 18.0 Å². The van der Waals surface area contributed by atoms with Crippen LogP contribution in [-0.4, -0.2) is 31.9 Å². The Labute approximate surface area is 183 Å². The fraction of sp³-hybridized carbons (Fsp3) is 0.130. The van der Waals surface area contributed by atoms with E-state index in [1.165, 1.54) is 17.8 Å². The van der Waals surface area contributed by atoms with Crippen LogP contribution in [0.5, 0.6) is 0 Å². The van der Waals surface area contributed by atoms with Gasteiger partial charge in [-0.15, -0.1) is 0 Å². The summed E-state index contributed by atoms with van der Waals surface area (Å²) in [6.07, 6.45) is 0. The van der Waals surface area contributed by atoms with Gasteiger partial charge in [-0.3, -0.25) is 4.79 Å². The van der Waals surface area contributed by atoms with Gasteiger partial charge < -0.3 is 10.1 Å². The van der Waals surface area contributed by atoms with Crippen LogP contribution < -0.4 is 5.32 Å². The minimum absolute atomic E-state index is 0.212. The fourth-order valence-electron chi connectivity index (χ4n) is 3.14. The number of hydrogen-bond donors (Lipinski definition) is 1. The number of ether oxygens (including phenoxy) is 1. The van der Waals surface area contributed by atoms with E-state index in [1.807, 2.05) is 30.3 Å². The molecule has 152 valence electrons. The van der Waals surface area contributed by atoms with E-state index in [2.05, 4.69) is 5.32 Å². The van der Waals surface area contributed by atoms with Gasteiger partial charge >= 0.3 is 0 Å². The largest absolute Gasteiger partial charge is 0.383 e. The zero-order valence-electron chi connectivity index (χ0n) is 16.1. The second-order valence-electron chi connectivity index (χ2n) is 6.61. The average Bonchev–Trinajstić information content (AvgIpc) is 2.90. The van der Waals surface area contributed by atoms with Gasteiger partial charge in [-0.1, -0.05) is 41.6 Å². The molecule has 7 heteroatoms. The highest BCUT2D eigenvalue weighted by Crippen LogP contribution is 2.41. The molecule has 0 saturated heterocycles. The van der Waals surface area contributed by atoms with Crippen LogP contribution in [0.3, 0.4) is 0 Å². The summed E-state index contributed by atoms with van der Waals surface area (Å²) in [5.41, 5.74) is 2.78. The van der Waals surface area contributed by atoms with Crippen LogP contribution in [0, 0.1) is 5.82 Å². The Balaban J connectivity index is 1.82. The average molecular weight is 441 g/mol. The van der Waals surface area contributed by atoms with Crippen LogP contribution in [0.2, 0.25) is 5.02 Å². The molecule has 1 heterocycles. The first kappa shape index (κ1) is 20.6. The van der Waals surface area contributed by atoms with E-state index in [9.17, 15) is 9.18 Å². The summed E-state index contributed by atoms with van der Waals surface area (Å²) in [4.78, 5) is 19.1. The van der Waals surface area contributed by atoms with Crippen molar-refractivity contribution < 1.29 is 13.9 Å². The van der Waals surface area contributed by atoms with E-state index in [1.54, 1.807) is 31.4 Å². The van der Waals surface area contributed by atoms with Crippen LogP contribution in [0.25, 0.3) is 0 Å². The number of fused-ring (bicyclic) bond motifs is 2. The number of nitrogens with one attached hydrogen (secondary N) is 1. The van der Waals surface area contributed by atoms with Gasteiger partial charge in [0.2, 0.25) is 0 Å². The van der Waals surface area contributed by atoms with Gasteiger partial charge in [-0.05, 0) is 42.5 Å². The van der Waals surface area contributed by atoms with E-state index in [0.717, 1.165) is 15.4 Å². The van der Waals surface area contributed by atoms with Gasteiger partial charge in [-0.2, -0.15) is 0 Å². The third-order valence-electron chi connectivity index (χ3n) is 4.59. The number of methoxy groups -OCH3 is 1. The number of hydrogen-bond acceptors (Lipinski definition) is 4. The van der Waals surface area contributed by atoms with E-state index in [0.29, 0.717) is 40.7 Å². The number of aliphatic imine (C=N–C) groups is 1. The van der Waals surface area contributed by atoms with Crippen molar-refractivity contribution >= 4 is 40.7 Å². The zero-order valence-corrected chi connectivity index (χ0v) is 17.7. The first-order valence-electron chi connectivity index (χ1n) is 9.29. The van der Waals surface area contributed by atoms with E-state index >= 15 is 0 Å². The molecule has 30 heavy (non-hydrogen) atoms. The zero-order chi connectivity index (χ0) is 21.1. The molecule has 0 atom stereocenters. The van der Waals surface area contributed by atoms with Gasteiger partial charge in [0, 0.05) is 45.2 Å². The molecule has 0 saturated carbocycles. The lowest BCUT2D eigenvalue weighted by Crippen LogP contribution is -2.26. The van der Waals surface area contributed by atoms with Gasteiger partial charge in [0.15, 0.2) is 0 Å². The van der Waals surface area contributed by atoms with Crippen molar-refractivity contribution in [3.63, 3.8) is 0 Å². The quantitative estimate of drug-likeness (QED) is 0.417. The highest BCUT2D eigenvalue weighted by molar-refractivity contribution is 7.99. The highest BCUT2D eigenvalue weighted by Gasteiger charge is 2.21. The van der Waals surface area contributed by atoms with Crippen LogP contribution in [0.15, 0.2) is 75.4 Å². The van der Waals surface area contributed by atoms with Crippen LogP contribution >= 0.6 is 23.4 Å². The molecule has 1 aliphatic heterocycles. The second kappa shape index (κ2) is 9.00. The van der Waals surface area contributed by atoms with Crippen molar-refractivity contribution in [2.45, 2.75) is 9.79 Å². The maximum atomic E-state index is 14.8. The summed E-state index contributed by atoms with van der Waals surface area (Å²) >= 11 is 7.48. The third kappa shape index (κ3) is 4.26. The Morgan fingerprint density at radius 3 is 2.73 bits per heavy atom. The van der Waals surface area contributed by atoms with Crippen molar-refractivity contribution in [3.8, 4) is 0 Å². The summed E-state index contributed by atoms with van der Waals surface area (Å²) < 4.78 is 19.7. The van der Waals surface area contributed by atoms with Crippen molar-refractivity contribution in [2.75, 3.05) is 20.3 Å². The lowest BCUT2D eigenvalue weighted by atomic mass is 10.0. The van der Waals surface area contributed by atoms with Crippen molar-refractivity contribution in [3.05, 3.63) is 88.2 Å². The maximum absolute atomic E-state index is 14.8. The van der Waals surface area contributed by atoms with Crippen molar-refractivity contribution in [1.82, 2.24) is 5.32 Å². The third-order valence-corrected chi connectivity index (χ3v) is 5.97.